The Kier molecular flexibility index (Phi) is 3.74. The molecule has 1 atom stereocenters. The van der Waals surface area contributed by atoms with Gasteiger partial charge in [-0.15, -0.1) is 0 Å². The highest BCUT2D eigenvalue weighted by Gasteiger charge is 2.30. The summed E-state index contributed by atoms with van der Waals surface area (Å²) in [5.41, 5.74) is 0.285. The first-order chi connectivity index (χ1) is 10.4. The number of hydrogen-bond donors (Lipinski definition) is 2. The Morgan fingerprint density at radius 1 is 1.36 bits per heavy atom. The standard InChI is InChI=1S/C17H20N2O3/c1-17(2)10-12(7-8-22-17)18-15(20)13-9-11-5-3-4-6-14(11)19-16(13)21/h3-6,9,12H,7-8,10H2,1-2H3,(H,18,20)(H,19,21). The Morgan fingerprint density at radius 3 is 2.91 bits per heavy atom. The minimum atomic E-state index is -0.359. The lowest BCUT2D eigenvalue weighted by molar-refractivity contribution is -0.0615. The molecule has 2 heterocycles. The average Bonchev–Trinajstić information content (AvgIpc) is 2.45. The zero-order valence-corrected chi connectivity index (χ0v) is 12.8. The Balaban J connectivity index is 1.83. The summed E-state index contributed by atoms with van der Waals surface area (Å²) in [6.45, 7) is 4.63. The molecular weight excluding hydrogens is 280 g/mol. The number of carbonyl (C=O) groups is 1. The second kappa shape index (κ2) is 5.57. The number of aromatic amines is 1. The number of para-hydroxylation sites is 1. The van der Waals surface area contributed by atoms with Crippen molar-refractivity contribution in [3.8, 4) is 0 Å². The number of fused-ring (bicyclic) bond motifs is 1. The van der Waals surface area contributed by atoms with Crippen molar-refractivity contribution >= 4 is 16.8 Å². The molecular formula is C17H20N2O3. The summed E-state index contributed by atoms with van der Waals surface area (Å²) in [5.74, 6) is -0.324. The van der Waals surface area contributed by atoms with Crippen molar-refractivity contribution in [3.63, 3.8) is 0 Å². The maximum absolute atomic E-state index is 12.4. The Labute approximate surface area is 128 Å². The van der Waals surface area contributed by atoms with Crippen LogP contribution in [0.3, 0.4) is 0 Å². The van der Waals surface area contributed by atoms with Crippen molar-refractivity contribution in [2.75, 3.05) is 6.61 Å². The molecule has 2 aromatic rings. The molecule has 1 unspecified atom stereocenters. The summed E-state index contributed by atoms with van der Waals surface area (Å²) in [6, 6.07) is 9.10. The SMILES string of the molecule is CC1(C)CC(NC(=O)c2cc3ccccc3[nH]c2=O)CCO1. The van der Waals surface area contributed by atoms with E-state index < -0.39 is 0 Å². The van der Waals surface area contributed by atoms with Gasteiger partial charge in [0.15, 0.2) is 0 Å². The van der Waals surface area contributed by atoms with Gasteiger partial charge < -0.3 is 15.0 Å². The normalized spacial score (nSPS) is 20.7. The van der Waals surface area contributed by atoms with Gasteiger partial charge >= 0.3 is 0 Å². The largest absolute Gasteiger partial charge is 0.375 e. The van der Waals surface area contributed by atoms with Gasteiger partial charge in [0.2, 0.25) is 0 Å². The third-order valence-corrected chi connectivity index (χ3v) is 4.03. The lowest BCUT2D eigenvalue weighted by atomic mass is 9.94. The van der Waals surface area contributed by atoms with Crippen LogP contribution in [-0.4, -0.2) is 29.1 Å². The van der Waals surface area contributed by atoms with Gasteiger partial charge in [0.1, 0.15) is 5.56 Å². The van der Waals surface area contributed by atoms with E-state index in [9.17, 15) is 9.59 Å². The highest BCUT2D eigenvalue weighted by molar-refractivity contribution is 5.97. The van der Waals surface area contributed by atoms with Gasteiger partial charge in [-0.25, -0.2) is 0 Å². The number of benzene rings is 1. The summed E-state index contributed by atoms with van der Waals surface area (Å²) >= 11 is 0. The van der Waals surface area contributed by atoms with Crippen molar-refractivity contribution in [1.29, 1.82) is 0 Å². The average molecular weight is 300 g/mol. The van der Waals surface area contributed by atoms with Crippen LogP contribution in [0, 0.1) is 0 Å². The number of carbonyl (C=O) groups excluding carboxylic acids is 1. The summed E-state index contributed by atoms with van der Waals surface area (Å²) < 4.78 is 5.65. The summed E-state index contributed by atoms with van der Waals surface area (Å²) in [6.07, 6.45) is 1.50. The van der Waals surface area contributed by atoms with Crippen LogP contribution in [0.2, 0.25) is 0 Å². The molecule has 5 nitrogen and oxygen atoms in total. The molecule has 5 heteroatoms. The Bertz CT molecular complexity index is 764. The molecule has 0 spiro atoms. The third kappa shape index (κ3) is 3.04. The fourth-order valence-corrected chi connectivity index (χ4v) is 2.93. The maximum Gasteiger partial charge on any atom is 0.261 e. The van der Waals surface area contributed by atoms with E-state index in [0.717, 1.165) is 23.7 Å². The first-order valence-electron chi connectivity index (χ1n) is 7.51. The molecule has 0 aliphatic carbocycles. The molecule has 1 aromatic heterocycles. The van der Waals surface area contributed by atoms with Gasteiger partial charge in [-0.1, -0.05) is 18.2 Å². The number of H-pyrrole nitrogens is 1. The molecule has 0 saturated carbocycles. The summed E-state index contributed by atoms with van der Waals surface area (Å²) in [5, 5.41) is 3.80. The van der Waals surface area contributed by atoms with Crippen molar-refractivity contribution in [2.24, 2.45) is 0 Å². The highest BCUT2D eigenvalue weighted by atomic mass is 16.5. The first kappa shape index (κ1) is 14.8. The number of aromatic nitrogens is 1. The molecule has 1 aliphatic rings. The highest BCUT2D eigenvalue weighted by Crippen LogP contribution is 2.24. The quantitative estimate of drug-likeness (QED) is 0.893. The molecule has 1 saturated heterocycles. The van der Waals surface area contributed by atoms with E-state index >= 15 is 0 Å². The lowest BCUT2D eigenvalue weighted by Crippen LogP contribution is -2.46. The first-order valence-corrected chi connectivity index (χ1v) is 7.51. The molecule has 22 heavy (non-hydrogen) atoms. The van der Waals surface area contributed by atoms with Crippen molar-refractivity contribution in [2.45, 2.75) is 38.3 Å². The molecule has 1 fully saturated rings. The van der Waals surface area contributed by atoms with Crippen LogP contribution in [0.5, 0.6) is 0 Å². The van der Waals surface area contributed by atoms with Crippen LogP contribution in [0.1, 0.15) is 37.0 Å². The molecule has 1 aliphatic heterocycles. The monoisotopic (exact) mass is 300 g/mol. The van der Waals surface area contributed by atoms with E-state index in [0.29, 0.717) is 6.61 Å². The van der Waals surface area contributed by atoms with Crippen LogP contribution in [-0.2, 0) is 4.74 Å². The minimum Gasteiger partial charge on any atom is -0.375 e. The van der Waals surface area contributed by atoms with Crippen LogP contribution < -0.4 is 10.9 Å². The molecule has 116 valence electrons. The number of amides is 1. The topological polar surface area (TPSA) is 71.2 Å². The van der Waals surface area contributed by atoms with Crippen LogP contribution in [0.25, 0.3) is 10.9 Å². The molecule has 2 N–H and O–H groups in total. The van der Waals surface area contributed by atoms with Gasteiger partial charge in [-0.05, 0) is 44.2 Å². The zero-order valence-electron chi connectivity index (χ0n) is 12.8. The summed E-state index contributed by atoms with van der Waals surface area (Å²) in [4.78, 5) is 27.3. The van der Waals surface area contributed by atoms with Crippen molar-refractivity contribution in [3.05, 3.63) is 46.2 Å². The lowest BCUT2D eigenvalue weighted by Gasteiger charge is -2.35. The Hall–Kier alpha value is -2.14. The number of nitrogens with one attached hydrogen (secondary N) is 2. The number of pyridine rings is 1. The molecule has 3 rings (SSSR count). The predicted molar refractivity (Wildman–Crippen MR) is 85.1 cm³/mol. The van der Waals surface area contributed by atoms with Gasteiger partial charge in [0, 0.05) is 18.2 Å². The van der Waals surface area contributed by atoms with E-state index in [2.05, 4.69) is 10.3 Å². The second-order valence-electron chi connectivity index (χ2n) is 6.37. The van der Waals surface area contributed by atoms with E-state index in [1.807, 2.05) is 38.1 Å². The predicted octanol–water partition coefficient (Wildman–Crippen LogP) is 2.22. The van der Waals surface area contributed by atoms with Gasteiger partial charge in [-0.2, -0.15) is 0 Å². The van der Waals surface area contributed by atoms with Gasteiger partial charge in [0.25, 0.3) is 11.5 Å². The van der Waals surface area contributed by atoms with E-state index in [4.69, 9.17) is 4.74 Å². The van der Waals surface area contributed by atoms with Crippen molar-refractivity contribution < 1.29 is 9.53 Å². The van der Waals surface area contributed by atoms with Crippen LogP contribution in [0.4, 0.5) is 0 Å². The zero-order chi connectivity index (χ0) is 15.7. The molecule has 1 amide bonds. The van der Waals surface area contributed by atoms with E-state index in [1.54, 1.807) is 6.07 Å². The Morgan fingerprint density at radius 2 is 2.14 bits per heavy atom. The third-order valence-electron chi connectivity index (χ3n) is 4.03. The second-order valence-corrected chi connectivity index (χ2v) is 6.37. The molecule has 1 aromatic carbocycles. The number of ether oxygens (including phenoxy) is 1. The maximum atomic E-state index is 12.4. The molecule has 0 radical (unpaired) electrons. The number of rotatable bonds is 2. The van der Waals surface area contributed by atoms with Crippen LogP contribution >= 0.6 is 0 Å². The fourth-order valence-electron chi connectivity index (χ4n) is 2.93. The smallest absolute Gasteiger partial charge is 0.261 e. The van der Waals surface area contributed by atoms with Gasteiger partial charge in [0.05, 0.1) is 5.60 Å². The van der Waals surface area contributed by atoms with Crippen molar-refractivity contribution in [1.82, 2.24) is 10.3 Å². The van der Waals surface area contributed by atoms with Gasteiger partial charge in [-0.3, -0.25) is 9.59 Å². The number of hydrogen-bond acceptors (Lipinski definition) is 3. The molecule has 0 bridgehead atoms. The van der Waals surface area contributed by atoms with E-state index in [-0.39, 0.29) is 28.7 Å². The summed E-state index contributed by atoms with van der Waals surface area (Å²) in [7, 11) is 0. The van der Waals surface area contributed by atoms with E-state index in [1.165, 1.54) is 0 Å². The fraction of sp³-hybridized carbons (Fsp3) is 0.412. The van der Waals surface area contributed by atoms with Crippen LogP contribution in [0.15, 0.2) is 35.1 Å². The minimum absolute atomic E-state index is 0.0297.